The molecular weight excluding hydrogens is 352 g/mol. The first kappa shape index (κ1) is 16.7. The summed E-state index contributed by atoms with van der Waals surface area (Å²) in [5, 5.41) is 20.9. The lowest BCUT2D eigenvalue weighted by molar-refractivity contribution is -0.121. The van der Waals surface area contributed by atoms with Crippen molar-refractivity contribution in [3.8, 4) is 5.75 Å². The number of halogens is 1. The van der Waals surface area contributed by atoms with Gasteiger partial charge in [0.25, 0.3) is 5.91 Å². The molecule has 1 aromatic heterocycles. The molecule has 1 fully saturated rings. The van der Waals surface area contributed by atoms with Gasteiger partial charge < -0.3 is 15.3 Å². The van der Waals surface area contributed by atoms with Crippen LogP contribution in [0.5, 0.6) is 5.75 Å². The Kier molecular flexibility index (Phi) is 4.96. The van der Waals surface area contributed by atoms with Crippen LogP contribution in [0.25, 0.3) is 0 Å². The maximum Gasteiger partial charge on any atom is 0.257 e. The van der Waals surface area contributed by atoms with Crippen LogP contribution in [0.2, 0.25) is 5.02 Å². The summed E-state index contributed by atoms with van der Waals surface area (Å²) in [6.07, 6.45) is 1.40. The third kappa shape index (κ3) is 3.65. The molecule has 0 aliphatic carbocycles. The Labute approximate surface area is 147 Å². The normalized spacial score (nSPS) is 17.5. The van der Waals surface area contributed by atoms with Crippen molar-refractivity contribution in [1.29, 1.82) is 0 Å². The van der Waals surface area contributed by atoms with E-state index in [0.29, 0.717) is 29.5 Å². The van der Waals surface area contributed by atoms with E-state index >= 15 is 0 Å². The maximum absolute atomic E-state index is 12.6. The number of rotatable bonds is 3. The van der Waals surface area contributed by atoms with Crippen molar-refractivity contribution in [2.75, 3.05) is 18.4 Å². The second-order valence-electron chi connectivity index (χ2n) is 5.48. The summed E-state index contributed by atoms with van der Waals surface area (Å²) in [7, 11) is 0. The summed E-state index contributed by atoms with van der Waals surface area (Å²) in [5.41, 5.74) is 1.68. The monoisotopic (exact) mass is 366 g/mol. The highest BCUT2D eigenvalue weighted by Crippen LogP contribution is 2.26. The number of nitrogens with zero attached hydrogens (tertiary/aromatic N) is 3. The fourth-order valence-electron chi connectivity index (χ4n) is 2.66. The molecule has 2 aromatic rings. The highest BCUT2D eigenvalue weighted by Gasteiger charge is 2.30. The van der Waals surface area contributed by atoms with Gasteiger partial charge in [-0.3, -0.25) is 9.59 Å². The number of aromatic hydroxyl groups is 1. The molecule has 7 nitrogen and oxygen atoms in total. The highest BCUT2D eigenvalue weighted by atomic mass is 35.5. The van der Waals surface area contributed by atoms with E-state index in [9.17, 15) is 14.7 Å². The molecule has 24 heavy (non-hydrogen) atoms. The minimum absolute atomic E-state index is 0.121. The van der Waals surface area contributed by atoms with E-state index < -0.39 is 0 Å². The Hall–Kier alpha value is -2.19. The number of amides is 2. The van der Waals surface area contributed by atoms with E-state index in [1.807, 2.05) is 0 Å². The van der Waals surface area contributed by atoms with Crippen molar-refractivity contribution >= 4 is 39.9 Å². The van der Waals surface area contributed by atoms with Crippen molar-refractivity contribution in [3.05, 3.63) is 34.3 Å². The lowest BCUT2D eigenvalue weighted by Gasteiger charge is -2.32. The first-order valence-corrected chi connectivity index (χ1v) is 8.65. The van der Waals surface area contributed by atoms with E-state index in [1.165, 1.54) is 35.0 Å². The lowest BCUT2D eigenvalue weighted by Crippen LogP contribution is -2.43. The van der Waals surface area contributed by atoms with Gasteiger partial charge in [-0.15, -0.1) is 10.2 Å². The number of phenols is 1. The number of piperidine rings is 1. The van der Waals surface area contributed by atoms with Crippen LogP contribution in [-0.4, -0.2) is 45.1 Å². The molecule has 2 N–H and O–H groups in total. The molecule has 2 amide bonds. The molecule has 1 aliphatic rings. The Morgan fingerprint density at radius 3 is 3.00 bits per heavy atom. The van der Waals surface area contributed by atoms with Gasteiger partial charge in [-0.05, 0) is 31.0 Å². The van der Waals surface area contributed by atoms with Crippen molar-refractivity contribution < 1.29 is 14.7 Å². The fourth-order valence-corrected chi connectivity index (χ4v) is 3.28. The van der Waals surface area contributed by atoms with E-state index in [2.05, 4.69) is 15.5 Å². The number of likely N-dealkylation sites (tertiary alicyclic amines) is 1. The van der Waals surface area contributed by atoms with Crippen LogP contribution >= 0.6 is 22.9 Å². The van der Waals surface area contributed by atoms with Gasteiger partial charge in [-0.2, -0.15) is 0 Å². The maximum atomic E-state index is 12.6. The van der Waals surface area contributed by atoms with Crippen LogP contribution in [0.3, 0.4) is 0 Å². The first-order chi connectivity index (χ1) is 11.5. The second-order valence-corrected chi connectivity index (χ2v) is 6.75. The largest absolute Gasteiger partial charge is 0.507 e. The summed E-state index contributed by atoms with van der Waals surface area (Å²) in [6.45, 7) is 0.822. The van der Waals surface area contributed by atoms with Crippen LogP contribution in [0, 0.1) is 5.92 Å². The number of aromatic nitrogens is 2. The summed E-state index contributed by atoms with van der Waals surface area (Å²) >= 11 is 7.14. The molecule has 1 saturated heterocycles. The SMILES string of the molecule is O=C(Nc1nncs1)[C@@H]1CCCN(C(=O)c2cc(Cl)ccc2O)C1. The van der Waals surface area contributed by atoms with Gasteiger partial charge in [0.05, 0.1) is 11.5 Å². The molecular formula is C15H15ClN4O3S. The standard InChI is InChI=1S/C15H15ClN4O3S/c16-10-3-4-12(21)11(6-10)14(23)20-5-1-2-9(7-20)13(22)18-15-19-17-8-24-15/h3-4,6,8-9,21H,1-2,5,7H2,(H,18,19,22)/t9-/m1/s1. The van der Waals surface area contributed by atoms with Crippen LogP contribution in [0.1, 0.15) is 23.2 Å². The summed E-state index contributed by atoms with van der Waals surface area (Å²) in [4.78, 5) is 26.5. The predicted molar refractivity (Wildman–Crippen MR) is 90.3 cm³/mol. The van der Waals surface area contributed by atoms with Crippen molar-refractivity contribution in [2.45, 2.75) is 12.8 Å². The van der Waals surface area contributed by atoms with Crippen molar-refractivity contribution in [2.24, 2.45) is 5.92 Å². The lowest BCUT2D eigenvalue weighted by atomic mass is 9.96. The molecule has 0 radical (unpaired) electrons. The second kappa shape index (κ2) is 7.14. The summed E-state index contributed by atoms with van der Waals surface area (Å²) < 4.78 is 0. The molecule has 0 bridgehead atoms. The predicted octanol–water partition coefficient (Wildman–Crippen LogP) is 2.39. The third-order valence-corrected chi connectivity index (χ3v) is 4.70. The van der Waals surface area contributed by atoms with Gasteiger partial charge in [-0.1, -0.05) is 22.9 Å². The van der Waals surface area contributed by atoms with Crippen LogP contribution < -0.4 is 5.32 Å². The quantitative estimate of drug-likeness (QED) is 0.869. The zero-order valence-electron chi connectivity index (χ0n) is 12.6. The zero-order chi connectivity index (χ0) is 17.1. The Morgan fingerprint density at radius 2 is 2.25 bits per heavy atom. The molecule has 0 unspecified atom stereocenters. The number of carbonyl (C=O) groups is 2. The van der Waals surface area contributed by atoms with Gasteiger partial charge in [0.15, 0.2) is 0 Å². The van der Waals surface area contributed by atoms with Crippen LogP contribution in [-0.2, 0) is 4.79 Å². The molecule has 0 saturated carbocycles. The number of nitrogens with one attached hydrogen (secondary N) is 1. The number of hydrogen-bond acceptors (Lipinski definition) is 6. The third-order valence-electron chi connectivity index (χ3n) is 3.86. The van der Waals surface area contributed by atoms with Gasteiger partial charge in [0, 0.05) is 18.1 Å². The number of benzene rings is 1. The number of anilines is 1. The molecule has 2 heterocycles. The first-order valence-electron chi connectivity index (χ1n) is 7.39. The number of hydrogen-bond donors (Lipinski definition) is 2. The molecule has 1 aromatic carbocycles. The average molecular weight is 367 g/mol. The average Bonchev–Trinajstić information content (AvgIpc) is 3.09. The molecule has 1 aliphatic heterocycles. The van der Waals surface area contributed by atoms with E-state index in [1.54, 1.807) is 4.90 Å². The smallest absolute Gasteiger partial charge is 0.257 e. The van der Waals surface area contributed by atoms with Crippen LogP contribution in [0.4, 0.5) is 5.13 Å². The molecule has 126 valence electrons. The van der Waals surface area contributed by atoms with Crippen LogP contribution in [0.15, 0.2) is 23.7 Å². The van der Waals surface area contributed by atoms with E-state index in [4.69, 9.17) is 11.6 Å². The Bertz CT molecular complexity index is 753. The highest BCUT2D eigenvalue weighted by molar-refractivity contribution is 7.13. The number of carbonyl (C=O) groups excluding carboxylic acids is 2. The van der Waals surface area contributed by atoms with Crippen molar-refractivity contribution in [3.63, 3.8) is 0 Å². The minimum atomic E-state index is -0.330. The van der Waals surface area contributed by atoms with Gasteiger partial charge in [-0.25, -0.2) is 0 Å². The summed E-state index contributed by atoms with van der Waals surface area (Å²) in [6, 6.07) is 4.34. The minimum Gasteiger partial charge on any atom is -0.507 e. The zero-order valence-corrected chi connectivity index (χ0v) is 14.2. The van der Waals surface area contributed by atoms with Gasteiger partial charge in [0.2, 0.25) is 11.0 Å². The Balaban J connectivity index is 1.69. The molecule has 3 rings (SSSR count). The fraction of sp³-hybridized carbons (Fsp3) is 0.333. The molecule has 1 atom stereocenters. The van der Waals surface area contributed by atoms with E-state index in [0.717, 1.165) is 0 Å². The number of phenolic OH excluding ortho intramolecular Hbond substituents is 1. The Morgan fingerprint density at radius 1 is 1.42 bits per heavy atom. The summed E-state index contributed by atoms with van der Waals surface area (Å²) in [5.74, 6) is -0.958. The van der Waals surface area contributed by atoms with E-state index in [-0.39, 0.29) is 35.6 Å². The van der Waals surface area contributed by atoms with Gasteiger partial charge in [0.1, 0.15) is 11.3 Å². The van der Waals surface area contributed by atoms with Gasteiger partial charge >= 0.3 is 0 Å². The van der Waals surface area contributed by atoms with Crippen molar-refractivity contribution in [1.82, 2.24) is 15.1 Å². The molecule has 9 heteroatoms. The topological polar surface area (TPSA) is 95.4 Å². The molecule has 0 spiro atoms.